The van der Waals surface area contributed by atoms with Gasteiger partial charge in [-0.1, -0.05) is 0 Å². The molecule has 36 valence electrons. The van der Waals surface area contributed by atoms with Crippen molar-refractivity contribution in [2.45, 2.75) is 0 Å². The van der Waals surface area contributed by atoms with Crippen LogP contribution in [0, 0.1) is 9.93 Å². The minimum Gasteiger partial charge on any atom is -0.412 e. The molecule has 5 heavy (non-hydrogen) atoms. The first-order chi connectivity index (χ1) is 1.00. The minimum atomic E-state index is 0. The van der Waals surface area contributed by atoms with Gasteiger partial charge in [-0.05, 0) is 0 Å². The van der Waals surface area contributed by atoms with Gasteiger partial charge >= 0.3 is 0 Å². The molecule has 0 aliphatic heterocycles. The van der Waals surface area contributed by atoms with Crippen molar-refractivity contribution in [2.75, 3.05) is 0 Å². The van der Waals surface area contributed by atoms with Crippen LogP contribution in [0.3, 0.4) is 0 Å². The van der Waals surface area contributed by atoms with Crippen molar-refractivity contribution < 1.29 is 11.0 Å². The van der Waals surface area contributed by atoms with Crippen molar-refractivity contribution in [3.05, 3.63) is 9.93 Å². The first-order valence-corrected chi connectivity index (χ1v) is 0.167. The molecule has 0 radical (unpaired) electrons. The summed E-state index contributed by atoms with van der Waals surface area (Å²) in [6.07, 6.45) is 0. The van der Waals surface area contributed by atoms with Crippen LogP contribution in [0.15, 0.2) is 0 Å². The Morgan fingerprint density at radius 2 is 0.800 bits per heavy atom. The van der Waals surface area contributed by atoms with Gasteiger partial charge in [0, 0.05) is 9.93 Å². The van der Waals surface area contributed by atoms with Gasteiger partial charge < -0.3 is 11.0 Å². The molecule has 0 spiro atoms. The molecular formula is H5ClO4. The largest absolute Gasteiger partial charge is 0.412 e. The highest BCUT2D eigenvalue weighted by Crippen LogP contribution is 0.741. The number of hydrogen-bond acceptors (Lipinski definition) is 2. The molecule has 0 aliphatic carbocycles. The normalized spacial score (nSPS) is 0.800. The Balaban J connectivity index is -0.00000000167. The molecule has 4 N–H and O–H groups in total. The number of hydrogen-bond donors (Lipinski definition) is 0. The lowest BCUT2D eigenvalue weighted by molar-refractivity contribution is 0.823. The molecular weight excluding hydrogens is 99.4 g/mol. The molecule has 0 heterocycles. The lowest BCUT2D eigenvalue weighted by Crippen LogP contribution is -0.674. The first-order valence-electron chi connectivity index (χ1n) is 0.167. The molecule has 0 aliphatic rings. The van der Waals surface area contributed by atoms with E-state index in [0.29, 0.717) is 0 Å². The van der Waals surface area contributed by atoms with Crippen molar-refractivity contribution >= 4 is 12.4 Å². The van der Waals surface area contributed by atoms with Crippen LogP contribution in [-0.4, -0.2) is 11.0 Å². The fraction of sp³-hybridized carbons (Fsp3) is 0. The van der Waals surface area contributed by atoms with Gasteiger partial charge in [-0.3, -0.25) is 0 Å². The molecule has 0 aromatic carbocycles. The molecule has 0 unspecified atom stereocenters. The molecule has 0 rings (SSSR count). The lowest BCUT2D eigenvalue weighted by Gasteiger charge is -0.707. The molecule has 0 bridgehead atoms. The van der Waals surface area contributed by atoms with Crippen LogP contribution in [0.4, 0.5) is 0 Å². The molecule has 0 amide bonds. The Morgan fingerprint density at radius 1 is 0.800 bits per heavy atom. The molecule has 0 aromatic heterocycles. The third kappa shape index (κ3) is 346. The topological polar surface area (TPSA) is 97.1 Å². The van der Waals surface area contributed by atoms with E-state index in [-0.39, 0.29) is 23.4 Å². The lowest BCUT2D eigenvalue weighted by atomic mass is 15.3. The van der Waals surface area contributed by atoms with Crippen LogP contribution in [0.25, 0.3) is 0 Å². The number of rotatable bonds is 0. The van der Waals surface area contributed by atoms with E-state index in [4.69, 9.17) is 9.93 Å². The Bertz CT molecular complexity index is 3.61. The quantitative estimate of drug-likeness (QED) is 0.387. The van der Waals surface area contributed by atoms with E-state index in [9.17, 15) is 0 Å². The van der Waals surface area contributed by atoms with Gasteiger partial charge in [-0.2, -0.15) is 0 Å². The van der Waals surface area contributed by atoms with E-state index in [0.717, 1.165) is 0 Å². The molecule has 0 saturated carbocycles. The maximum atomic E-state index is 7.00. The van der Waals surface area contributed by atoms with Gasteiger partial charge in [0.1, 0.15) is 0 Å². The highest BCUT2D eigenvalue weighted by atomic mass is 35.5. The smallest absolute Gasteiger partial charge is 0 e. The zero-order chi connectivity index (χ0) is 2.00. The molecule has 0 fully saturated rings. The van der Waals surface area contributed by atoms with Gasteiger partial charge in [-0.15, -0.1) is 12.4 Å². The average Bonchev–Trinajstić information content (AvgIpc) is 1.00. The van der Waals surface area contributed by atoms with E-state index in [1.54, 1.807) is 0 Å². The van der Waals surface area contributed by atoms with E-state index < -0.39 is 0 Å². The fourth-order valence-corrected chi connectivity index (χ4v) is 0. The van der Waals surface area contributed by atoms with Gasteiger partial charge in [0.2, 0.25) is 0 Å². The summed E-state index contributed by atoms with van der Waals surface area (Å²) in [5.74, 6) is 0. The van der Waals surface area contributed by atoms with E-state index in [2.05, 4.69) is 0 Å². The van der Waals surface area contributed by atoms with Crippen molar-refractivity contribution in [3.63, 3.8) is 0 Å². The summed E-state index contributed by atoms with van der Waals surface area (Å²) in [7, 11) is 0. The second kappa shape index (κ2) is 833. The van der Waals surface area contributed by atoms with Gasteiger partial charge in [-0.25, -0.2) is 0 Å². The van der Waals surface area contributed by atoms with Crippen molar-refractivity contribution in [1.29, 1.82) is 0 Å². The molecule has 4 nitrogen and oxygen atoms in total. The van der Waals surface area contributed by atoms with Crippen LogP contribution >= 0.6 is 12.4 Å². The minimum absolute atomic E-state index is 0. The Morgan fingerprint density at radius 3 is 0.800 bits per heavy atom. The molecule has 0 aromatic rings. The zero-order valence-corrected chi connectivity index (χ0v) is 3.04. The predicted molar refractivity (Wildman–Crippen MR) is 21.2 cm³/mol. The van der Waals surface area contributed by atoms with Crippen LogP contribution in [0.2, 0.25) is 0 Å². The van der Waals surface area contributed by atoms with E-state index in [1.165, 1.54) is 0 Å². The average molecular weight is 104 g/mol. The standard InChI is InChI=1S/ClH.O2.2H2O/c;1-2;;/h1H;;2*1H2. The Kier molecular flexibility index (Phi) is 17700. The van der Waals surface area contributed by atoms with Crippen molar-refractivity contribution in [2.24, 2.45) is 0 Å². The van der Waals surface area contributed by atoms with Gasteiger partial charge in [0.25, 0.3) is 0 Å². The summed E-state index contributed by atoms with van der Waals surface area (Å²) >= 11 is 0. The Labute approximate surface area is 34.4 Å². The molecule has 5 heteroatoms. The van der Waals surface area contributed by atoms with Gasteiger partial charge in [0.05, 0.1) is 0 Å². The van der Waals surface area contributed by atoms with Crippen molar-refractivity contribution in [3.8, 4) is 0 Å². The first kappa shape index (κ1) is 106. The van der Waals surface area contributed by atoms with Gasteiger partial charge in [0.15, 0.2) is 0 Å². The van der Waals surface area contributed by atoms with Crippen LogP contribution in [0.1, 0.15) is 0 Å². The second-order valence-corrected chi connectivity index (χ2v) is 0. The monoisotopic (exact) mass is 104 g/mol. The van der Waals surface area contributed by atoms with E-state index >= 15 is 0 Å². The van der Waals surface area contributed by atoms with Crippen LogP contribution in [-0.2, 0) is 0 Å². The summed E-state index contributed by atoms with van der Waals surface area (Å²) in [5.41, 5.74) is 0. The SMILES string of the molecule is Cl.O.O.O=O. The summed E-state index contributed by atoms with van der Waals surface area (Å²) in [5, 5.41) is 0. The third-order valence-electron chi connectivity index (χ3n) is 0. The summed E-state index contributed by atoms with van der Waals surface area (Å²) in [6.45, 7) is 0. The molecule has 0 saturated heterocycles. The Hall–Kier alpha value is -0.190. The fourth-order valence-electron chi connectivity index (χ4n) is 0. The van der Waals surface area contributed by atoms with Crippen LogP contribution < -0.4 is 0 Å². The summed E-state index contributed by atoms with van der Waals surface area (Å²) in [4.78, 5) is 14.0. The summed E-state index contributed by atoms with van der Waals surface area (Å²) in [6, 6.07) is 0. The highest BCUT2D eigenvalue weighted by molar-refractivity contribution is 5.85. The van der Waals surface area contributed by atoms with Crippen molar-refractivity contribution in [1.82, 2.24) is 0 Å². The second-order valence-electron chi connectivity index (χ2n) is 0. The predicted octanol–water partition coefficient (Wildman–Crippen LogP) is -1.16. The third-order valence-corrected chi connectivity index (χ3v) is 0. The number of halogens is 1. The molecule has 0 atom stereocenters. The van der Waals surface area contributed by atoms with Crippen LogP contribution in [0.5, 0.6) is 0 Å². The zero-order valence-electron chi connectivity index (χ0n) is 2.22. The van der Waals surface area contributed by atoms with E-state index in [1.807, 2.05) is 0 Å². The summed E-state index contributed by atoms with van der Waals surface area (Å²) < 4.78 is 0. The highest BCUT2D eigenvalue weighted by Gasteiger charge is 0.707. The maximum absolute atomic E-state index is 7.00. The maximum Gasteiger partial charge on any atom is 0 e.